The van der Waals surface area contributed by atoms with Gasteiger partial charge in [0.25, 0.3) is 0 Å². The van der Waals surface area contributed by atoms with Gasteiger partial charge in [-0.05, 0) is 79.8 Å². The second-order valence-electron chi connectivity index (χ2n) is 14.3. The summed E-state index contributed by atoms with van der Waals surface area (Å²) in [5, 5.41) is 11.2. The maximum atomic E-state index is 6.36. The molecule has 0 saturated carbocycles. The van der Waals surface area contributed by atoms with E-state index in [4.69, 9.17) is 23.8 Å². The maximum absolute atomic E-state index is 6.36. The molecular weight excluding hydrogens is 687 g/mol. The van der Waals surface area contributed by atoms with Crippen LogP contribution in [-0.2, 0) is 0 Å². The first-order chi connectivity index (χ1) is 27.7. The molecule has 0 aliphatic rings. The molecule has 0 fully saturated rings. The Labute approximate surface area is 320 Å². The van der Waals surface area contributed by atoms with Gasteiger partial charge < -0.3 is 8.83 Å². The van der Waals surface area contributed by atoms with Gasteiger partial charge in [0.15, 0.2) is 17.5 Å². The number of hydrogen-bond acceptors (Lipinski definition) is 5. The van der Waals surface area contributed by atoms with Crippen LogP contribution >= 0.6 is 0 Å². The summed E-state index contributed by atoms with van der Waals surface area (Å²) in [6.45, 7) is 0. The van der Waals surface area contributed by atoms with Crippen LogP contribution in [0.4, 0.5) is 0 Å². The van der Waals surface area contributed by atoms with Crippen molar-refractivity contribution in [3.63, 3.8) is 0 Å². The number of aromatic nitrogens is 3. The van der Waals surface area contributed by atoms with Crippen molar-refractivity contribution in [3.05, 3.63) is 176 Å². The van der Waals surface area contributed by atoms with E-state index in [1.165, 1.54) is 21.5 Å². The van der Waals surface area contributed by atoms with Crippen LogP contribution < -0.4 is 0 Å². The van der Waals surface area contributed by atoms with Crippen molar-refractivity contribution in [3.8, 4) is 45.3 Å². The van der Waals surface area contributed by atoms with E-state index < -0.39 is 0 Å². The molecule has 5 heteroatoms. The zero-order valence-electron chi connectivity index (χ0n) is 29.9. The molecule has 3 aromatic heterocycles. The molecule has 0 aliphatic carbocycles. The lowest BCUT2D eigenvalue weighted by Gasteiger charge is -2.15. The monoisotopic (exact) mass is 715 g/mol. The molecule has 0 N–H and O–H groups in total. The lowest BCUT2D eigenvalue weighted by Crippen LogP contribution is -2.02. The highest BCUT2D eigenvalue weighted by atomic mass is 16.3. The van der Waals surface area contributed by atoms with E-state index in [0.717, 1.165) is 82.5 Å². The Morgan fingerprint density at radius 2 is 0.839 bits per heavy atom. The number of furan rings is 2. The molecule has 3 heterocycles. The van der Waals surface area contributed by atoms with Gasteiger partial charge in [-0.15, -0.1) is 0 Å². The normalized spacial score (nSPS) is 11.9. The fourth-order valence-electron chi connectivity index (χ4n) is 8.58. The number of rotatable bonds is 4. The van der Waals surface area contributed by atoms with Gasteiger partial charge in [0.2, 0.25) is 0 Å². The summed E-state index contributed by atoms with van der Waals surface area (Å²) in [7, 11) is 0. The minimum absolute atomic E-state index is 0.566. The van der Waals surface area contributed by atoms with Gasteiger partial charge in [-0.1, -0.05) is 140 Å². The second kappa shape index (κ2) is 11.9. The number of para-hydroxylation sites is 2. The van der Waals surface area contributed by atoms with Crippen LogP contribution in [0.2, 0.25) is 0 Å². The molecule has 0 amide bonds. The fraction of sp³-hybridized carbons (Fsp3) is 0. The van der Waals surface area contributed by atoms with Crippen molar-refractivity contribution in [2.24, 2.45) is 0 Å². The van der Waals surface area contributed by atoms with Crippen LogP contribution in [0.5, 0.6) is 0 Å². The van der Waals surface area contributed by atoms with E-state index >= 15 is 0 Å². The van der Waals surface area contributed by atoms with Gasteiger partial charge in [-0.25, -0.2) is 15.0 Å². The average molecular weight is 716 g/mol. The predicted molar refractivity (Wildman–Crippen MR) is 229 cm³/mol. The Morgan fingerprint density at radius 1 is 0.286 bits per heavy atom. The molecule has 0 saturated heterocycles. The van der Waals surface area contributed by atoms with Gasteiger partial charge in [0, 0.05) is 38.2 Å². The molecule has 5 nitrogen and oxygen atoms in total. The highest BCUT2D eigenvalue weighted by molar-refractivity contribution is 6.23. The third kappa shape index (κ3) is 4.64. The third-order valence-electron chi connectivity index (χ3n) is 11.1. The molecule has 9 aromatic carbocycles. The smallest absolute Gasteiger partial charge is 0.164 e. The lowest BCUT2D eigenvalue weighted by atomic mass is 9.92. The Hall–Kier alpha value is -7.63. The van der Waals surface area contributed by atoms with Crippen LogP contribution in [0.15, 0.2) is 185 Å². The minimum atomic E-state index is 0.566. The molecule has 56 heavy (non-hydrogen) atoms. The molecule has 0 aliphatic heterocycles. The van der Waals surface area contributed by atoms with Crippen LogP contribution in [0, 0.1) is 0 Å². The van der Waals surface area contributed by atoms with Gasteiger partial charge >= 0.3 is 0 Å². The number of nitrogens with zero attached hydrogens (tertiary/aromatic N) is 3. The molecule has 0 radical (unpaired) electrons. The van der Waals surface area contributed by atoms with E-state index in [1.807, 2.05) is 42.5 Å². The van der Waals surface area contributed by atoms with Crippen molar-refractivity contribution in [2.75, 3.05) is 0 Å². The summed E-state index contributed by atoms with van der Waals surface area (Å²) in [4.78, 5) is 16.0. The van der Waals surface area contributed by atoms with Gasteiger partial charge in [-0.2, -0.15) is 0 Å². The van der Waals surface area contributed by atoms with Gasteiger partial charge in [0.1, 0.15) is 22.3 Å². The van der Waals surface area contributed by atoms with Crippen LogP contribution in [-0.4, -0.2) is 15.0 Å². The highest BCUT2D eigenvalue weighted by Crippen LogP contribution is 2.42. The molecule has 0 spiro atoms. The Morgan fingerprint density at radius 3 is 1.68 bits per heavy atom. The first kappa shape index (κ1) is 30.8. The van der Waals surface area contributed by atoms with Crippen molar-refractivity contribution in [1.82, 2.24) is 15.0 Å². The SMILES string of the molecule is c1ccc(-c2cccc3oc4ccccc4c23)c(-c2nc(-c3ccc4c(c3)oc3ccccc34)nc(-c3cc4ccccc4c4c3ccc3ccccc34)n2)c1. The first-order valence-corrected chi connectivity index (χ1v) is 18.8. The van der Waals surface area contributed by atoms with Crippen LogP contribution in [0.3, 0.4) is 0 Å². The zero-order valence-corrected chi connectivity index (χ0v) is 29.9. The van der Waals surface area contributed by atoms with E-state index in [9.17, 15) is 0 Å². The molecule has 260 valence electrons. The zero-order chi connectivity index (χ0) is 36.7. The summed E-state index contributed by atoms with van der Waals surface area (Å²) in [6, 6.07) is 61.0. The Balaban J connectivity index is 1.15. The Bertz CT molecular complexity index is 3540. The van der Waals surface area contributed by atoms with Crippen molar-refractivity contribution < 1.29 is 8.83 Å². The molecule has 0 unspecified atom stereocenters. The van der Waals surface area contributed by atoms with Crippen LogP contribution in [0.25, 0.3) is 121 Å². The highest BCUT2D eigenvalue weighted by Gasteiger charge is 2.21. The topological polar surface area (TPSA) is 65.0 Å². The summed E-state index contributed by atoms with van der Waals surface area (Å²) in [6.07, 6.45) is 0. The van der Waals surface area contributed by atoms with Crippen molar-refractivity contribution in [2.45, 2.75) is 0 Å². The fourth-order valence-corrected chi connectivity index (χ4v) is 8.58. The van der Waals surface area contributed by atoms with E-state index in [2.05, 4.69) is 133 Å². The number of fused-ring (bicyclic) bond motifs is 11. The first-order valence-electron chi connectivity index (χ1n) is 18.8. The molecule has 12 rings (SSSR count). The molecular formula is C51H29N3O2. The standard InChI is InChI=1S/C51H29N3O2/c1-3-14-33-30(12-1)24-27-39-42(28-31-13-2-4-15-34(31)47(33)39)51-53-49(32-25-26-37-36-17-7-9-21-43(36)56-46(37)29-32)52-50(54-51)40-18-6-5-16-35(40)38-20-11-23-45-48(38)41-19-8-10-22-44(41)55-45/h1-29H. The quantitative estimate of drug-likeness (QED) is 0.170. The van der Waals surface area contributed by atoms with Gasteiger partial charge in [-0.3, -0.25) is 0 Å². The molecule has 0 bridgehead atoms. The molecule has 12 aromatic rings. The van der Waals surface area contributed by atoms with Crippen molar-refractivity contribution in [1.29, 1.82) is 0 Å². The largest absolute Gasteiger partial charge is 0.456 e. The lowest BCUT2D eigenvalue weighted by molar-refractivity contribution is 0.668. The summed E-state index contributed by atoms with van der Waals surface area (Å²) < 4.78 is 12.7. The average Bonchev–Trinajstić information content (AvgIpc) is 3.84. The van der Waals surface area contributed by atoms with Crippen molar-refractivity contribution >= 4 is 76.2 Å². The Kier molecular flexibility index (Phi) is 6.56. The van der Waals surface area contributed by atoms with E-state index in [1.54, 1.807) is 0 Å². The molecule has 0 atom stereocenters. The summed E-state index contributed by atoms with van der Waals surface area (Å²) >= 11 is 0. The summed E-state index contributed by atoms with van der Waals surface area (Å²) in [5.74, 6) is 1.75. The summed E-state index contributed by atoms with van der Waals surface area (Å²) in [5.41, 5.74) is 8.08. The van der Waals surface area contributed by atoms with Gasteiger partial charge in [0.05, 0.1) is 0 Å². The minimum Gasteiger partial charge on any atom is -0.456 e. The van der Waals surface area contributed by atoms with E-state index in [-0.39, 0.29) is 0 Å². The number of benzene rings is 9. The third-order valence-corrected chi connectivity index (χ3v) is 11.1. The predicted octanol–water partition coefficient (Wildman–Crippen LogP) is 13.8. The van der Waals surface area contributed by atoms with Crippen LogP contribution in [0.1, 0.15) is 0 Å². The second-order valence-corrected chi connectivity index (χ2v) is 14.3. The number of hydrogen-bond donors (Lipinski definition) is 0. The maximum Gasteiger partial charge on any atom is 0.164 e. The van der Waals surface area contributed by atoms with E-state index in [0.29, 0.717) is 17.5 Å².